The summed E-state index contributed by atoms with van der Waals surface area (Å²) in [4.78, 5) is 24.9. The zero-order chi connectivity index (χ0) is 15.1. The molecule has 0 aromatic rings. The molecule has 0 aliphatic carbocycles. The van der Waals surface area contributed by atoms with Crippen LogP contribution in [-0.4, -0.2) is 54.2 Å². The van der Waals surface area contributed by atoms with E-state index in [1.807, 2.05) is 13.8 Å². The van der Waals surface area contributed by atoms with Crippen LogP contribution in [0.15, 0.2) is 0 Å². The third-order valence-corrected chi connectivity index (χ3v) is 3.88. The van der Waals surface area contributed by atoms with Gasteiger partial charge in [0.2, 0.25) is 0 Å². The molecular weight excluding hydrogens is 258 g/mol. The highest BCUT2D eigenvalue weighted by Crippen LogP contribution is 2.14. The minimum Gasteiger partial charge on any atom is -0.481 e. The molecule has 20 heavy (non-hydrogen) atoms. The number of carbonyl (C=O) groups is 2. The van der Waals surface area contributed by atoms with Crippen molar-refractivity contribution in [2.45, 2.75) is 39.7 Å². The van der Waals surface area contributed by atoms with E-state index < -0.39 is 5.97 Å². The van der Waals surface area contributed by atoms with Gasteiger partial charge >= 0.3 is 12.0 Å². The van der Waals surface area contributed by atoms with Crippen molar-refractivity contribution >= 4 is 12.0 Å². The highest BCUT2D eigenvalue weighted by atomic mass is 16.4. The van der Waals surface area contributed by atoms with Crippen LogP contribution in [0.1, 0.15) is 33.6 Å². The fraction of sp³-hybridized carbons (Fsp3) is 0.857. The van der Waals surface area contributed by atoms with Crippen LogP contribution < -0.4 is 10.6 Å². The van der Waals surface area contributed by atoms with Crippen molar-refractivity contribution < 1.29 is 14.7 Å². The Bertz CT molecular complexity index is 334. The van der Waals surface area contributed by atoms with Crippen LogP contribution in [0.2, 0.25) is 0 Å². The molecule has 0 saturated carbocycles. The number of likely N-dealkylation sites (tertiary alicyclic amines) is 1. The average Bonchev–Trinajstić information content (AvgIpc) is 2.83. The van der Waals surface area contributed by atoms with Crippen molar-refractivity contribution in [3.63, 3.8) is 0 Å². The number of hydrogen-bond acceptors (Lipinski definition) is 3. The Kier molecular flexibility index (Phi) is 6.78. The van der Waals surface area contributed by atoms with Gasteiger partial charge in [-0.05, 0) is 31.3 Å². The van der Waals surface area contributed by atoms with Crippen LogP contribution in [-0.2, 0) is 4.79 Å². The fourth-order valence-corrected chi connectivity index (χ4v) is 2.46. The van der Waals surface area contributed by atoms with Gasteiger partial charge in [-0.15, -0.1) is 0 Å². The summed E-state index contributed by atoms with van der Waals surface area (Å²) < 4.78 is 0. The van der Waals surface area contributed by atoms with Gasteiger partial charge in [0.05, 0.1) is 6.42 Å². The van der Waals surface area contributed by atoms with Gasteiger partial charge in [0.15, 0.2) is 0 Å². The molecule has 0 aromatic heterocycles. The van der Waals surface area contributed by atoms with E-state index in [1.54, 1.807) is 0 Å². The number of nitrogens with one attached hydrogen (secondary N) is 2. The summed E-state index contributed by atoms with van der Waals surface area (Å²) >= 11 is 0. The largest absolute Gasteiger partial charge is 0.481 e. The third kappa shape index (κ3) is 5.77. The monoisotopic (exact) mass is 285 g/mol. The molecule has 1 saturated heterocycles. The number of rotatable bonds is 7. The van der Waals surface area contributed by atoms with Crippen molar-refractivity contribution in [1.82, 2.24) is 15.5 Å². The van der Waals surface area contributed by atoms with Gasteiger partial charge in [0.1, 0.15) is 0 Å². The van der Waals surface area contributed by atoms with Gasteiger partial charge in [-0.3, -0.25) is 4.79 Å². The van der Waals surface area contributed by atoms with Crippen LogP contribution >= 0.6 is 0 Å². The molecule has 1 heterocycles. The molecule has 2 unspecified atom stereocenters. The van der Waals surface area contributed by atoms with Gasteiger partial charge in [0.25, 0.3) is 0 Å². The van der Waals surface area contributed by atoms with Crippen LogP contribution in [0.4, 0.5) is 4.79 Å². The highest BCUT2D eigenvalue weighted by molar-refractivity contribution is 5.75. The lowest BCUT2D eigenvalue weighted by atomic mass is 10.0. The number of nitrogens with zero attached hydrogens (tertiary/aromatic N) is 1. The minimum absolute atomic E-state index is 0.0435. The van der Waals surface area contributed by atoms with E-state index in [4.69, 9.17) is 5.11 Å². The van der Waals surface area contributed by atoms with Crippen molar-refractivity contribution in [2.24, 2.45) is 11.8 Å². The van der Waals surface area contributed by atoms with Crippen LogP contribution in [0.3, 0.4) is 0 Å². The Morgan fingerprint density at radius 3 is 2.60 bits per heavy atom. The molecule has 0 radical (unpaired) electrons. The molecule has 116 valence electrons. The van der Waals surface area contributed by atoms with Gasteiger partial charge in [-0.1, -0.05) is 20.8 Å². The molecular formula is C14H27N3O3. The first kappa shape index (κ1) is 16.8. The van der Waals surface area contributed by atoms with E-state index in [0.29, 0.717) is 12.5 Å². The SMILES string of the molecule is CCN1CCC(CNC(=O)NC(CC(=O)O)C(C)C)C1. The summed E-state index contributed by atoms with van der Waals surface area (Å²) in [6, 6.07) is -0.594. The lowest BCUT2D eigenvalue weighted by molar-refractivity contribution is -0.137. The van der Waals surface area contributed by atoms with Crippen LogP contribution in [0.25, 0.3) is 0 Å². The molecule has 0 bridgehead atoms. The first-order valence-electron chi connectivity index (χ1n) is 7.40. The second-order valence-corrected chi connectivity index (χ2v) is 5.85. The maximum Gasteiger partial charge on any atom is 0.315 e. The van der Waals surface area contributed by atoms with E-state index in [2.05, 4.69) is 22.5 Å². The number of carboxylic acids is 1. The zero-order valence-electron chi connectivity index (χ0n) is 12.7. The first-order valence-corrected chi connectivity index (χ1v) is 7.40. The molecule has 6 heteroatoms. The van der Waals surface area contributed by atoms with E-state index in [1.165, 1.54) is 0 Å². The summed E-state index contributed by atoms with van der Waals surface area (Å²) in [5.41, 5.74) is 0. The number of aliphatic carboxylic acids is 1. The molecule has 1 fully saturated rings. The Morgan fingerprint density at radius 2 is 2.10 bits per heavy atom. The summed E-state index contributed by atoms with van der Waals surface area (Å²) in [6.07, 6.45) is 1.06. The van der Waals surface area contributed by atoms with Crippen molar-refractivity contribution in [3.05, 3.63) is 0 Å². The van der Waals surface area contributed by atoms with E-state index in [-0.39, 0.29) is 24.4 Å². The normalized spacial score (nSPS) is 20.9. The average molecular weight is 285 g/mol. The lowest BCUT2D eigenvalue weighted by Gasteiger charge is -2.21. The highest BCUT2D eigenvalue weighted by Gasteiger charge is 2.23. The number of carboxylic acid groups (broad SMARTS) is 1. The molecule has 0 spiro atoms. The van der Waals surface area contributed by atoms with Crippen LogP contribution in [0, 0.1) is 11.8 Å². The summed E-state index contributed by atoms with van der Waals surface area (Å²) in [7, 11) is 0. The number of urea groups is 1. The Balaban J connectivity index is 2.29. The molecule has 1 rings (SSSR count). The molecule has 6 nitrogen and oxygen atoms in total. The predicted molar refractivity (Wildman–Crippen MR) is 77.6 cm³/mol. The second-order valence-electron chi connectivity index (χ2n) is 5.85. The molecule has 1 aliphatic heterocycles. The van der Waals surface area contributed by atoms with Crippen molar-refractivity contribution in [2.75, 3.05) is 26.2 Å². The summed E-state index contributed by atoms with van der Waals surface area (Å²) in [5.74, 6) is -0.296. The quantitative estimate of drug-likeness (QED) is 0.655. The second kappa shape index (κ2) is 8.09. The number of carbonyl (C=O) groups excluding carboxylic acids is 1. The maximum absolute atomic E-state index is 11.8. The van der Waals surface area contributed by atoms with Crippen molar-refractivity contribution in [1.29, 1.82) is 0 Å². The summed E-state index contributed by atoms with van der Waals surface area (Å²) in [6.45, 7) is 9.78. The van der Waals surface area contributed by atoms with Gasteiger partial charge in [-0.25, -0.2) is 4.79 Å². The lowest BCUT2D eigenvalue weighted by Crippen LogP contribution is -2.46. The van der Waals surface area contributed by atoms with E-state index in [9.17, 15) is 9.59 Å². The third-order valence-electron chi connectivity index (χ3n) is 3.88. The summed E-state index contributed by atoms with van der Waals surface area (Å²) in [5, 5.41) is 14.4. The molecule has 2 amide bonds. The Labute approximate surface area is 120 Å². The van der Waals surface area contributed by atoms with E-state index in [0.717, 1.165) is 26.1 Å². The standard InChI is InChI=1S/C14H27N3O3/c1-4-17-6-5-11(9-17)8-15-14(20)16-12(10(2)3)7-13(18)19/h10-12H,4-9H2,1-3H3,(H,18,19)(H2,15,16,20). The molecule has 3 N–H and O–H groups in total. The van der Waals surface area contributed by atoms with Crippen molar-refractivity contribution in [3.8, 4) is 0 Å². The smallest absolute Gasteiger partial charge is 0.315 e. The molecule has 0 aromatic carbocycles. The zero-order valence-corrected chi connectivity index (χ0v) is 12.7. The van der Waals surface area contributed by atoms with Gasteiger partial charge < -0.3 is 20.6 Å². The number of amides is 2. The minimum atomic E-state index is -0.890. The van der Waals surface area contributed by atoms with Crippen LogP contribution in [0.5, 0.6) is 0 Å². The predicted octanol–water partition coefficient (Wildman–Crippen LogP) is 1.13. The van der Waals surface area contributed by atoms with E-state index >= 15 is 0 Å². The van der Waals surface area contributed by atoms with Gasteiger partial charge in [0, 0.05) is 19.1 Å². The molecule has 1 aliphatic rings. The molecule has 2 atom stereocenters. The topological polar surface area (TPSA) is 81.7 Å². The Hall–Kier alpha value is -1.30. The fourth-order valence-electron chi connectivity index (χ4n) is 2.46. The maximum atomic E-state index is 11.8. The van der Waals surface area contributed by atoms with Gasteiger partial charge in [-0.2, -0.15) is 0 Å². The number of hydrogen-bond donors (Lipinski definition) is 3. The first-order chi connectivity index (χ1) is 9.42. The Morgan fingerprint density at radius 1 is 1.40 bits per heavy atom.